The normalized spacial score (nSPS) is 15.5. The Kier molecular flexibility index (Phi) is 4.32. The molecule has 24 heavy (non-hydrogen) atoms. The largest absolute Gasteiger partial charge is 0.345 e. The lowest BCUT2D eigenvalue weighted by atomic mass is 10.3. The van der Waals surface area contributed by atoms with Gasteiger partial charge in [0.2, 0.25) is 5.91 Å². The number of nitrogens with zero attached hydrogens (tertiary/aromatic N) is 3. The third-order valence-electron chi connectivity index (χ3n) is 4.08. The predicted molar refractivity (Wildman–Crippen MR) is 102 cm³/mol. The van der Waals surface area contributed by atoms with Crippen LogP contribution in [0.4, 0.5) is 5.13 Å². The third-order valence-corrected chi connectivity index (χ3v) is 6.01. The maximum absolute atomic E-state index is 12.3. The van der Waals surface area contributed by atoms with Crippen LogP contribution >= 0.6 is 22.7 Å². The number of carbonyl (C=O) groups excluding carboxylic acids is 1. The minimum Gasteiger partial charge on any atom is -0.345 e. The van der Waals surface area contributed by atoms with E-state index in [9.17, 15) is 4.79 Å². The molecular formula is C18H17N3OS2. The van der Waals surface area contributed by atoms with E-state index in [2.05, 4.69) is 11.0 Å². The van der Waals surface area contributed by atoms with Gasteiger partial charge in [0.25, 0.3) is 0 Å². The van der Waals surface area contributed by atoms with Gasteiger partial charge in [0.15, 0.2) is 5.13 Å². The molecule has 1 saturated heterocycles. The van der Waals surface area contributed by atoms with Crippen LogP contribution in [0.15, 0.2) is 47.9 Å². The zero-order valence-corrected chi connectivity index (χ0v) is 14.7. The van der Waals surface area contributed by atoms with Crippen molar-refractivity contribution in [3.8, 4) is 0 Å². The first-order valence-electron chi connectivity index (χ1n) is 7.90. The molecule has 0 aliphatic carbocycles. The maximum Gasteiger partial charge on any atom is 0.246 e. The zero-order valence-electron chi connectivity index (χ0n) is 13.1. The second-order valence-electron chi connectivity index (χ2n) is 5.63. The van der Waals surface area contributed by atoms with Crippen LogP contribution < -0.4 is 4.90 Å². The van der Waals surface area contributed by atoms with E-state index in [4.69, 9.17) is 4.98 Å². The third kappa shape index (κ3) is 3.20. The molecule has 1 aliphatic heterocycles. The van der Waals surface area contributed by atoms with Gasteiger partial charge in [-0.2, -0.15) is 0 Å². The minimum atomic E-state index is 0.0901. The zero-order chi connectivity index (χ0) is 16.4. The molecule has 0 N–H and O–H groups in total. The number of piperazine rings is 1. The van der Waals surface area contributed by atoms with E-state index >= 15 is 0 Å². The average Bonchev–Trinajstić information content (AvgIpc) is 3.29. The number of hydrogen-bond acceptors (Lipinski definition) is 5. The van der Waals surface area contributed by atoms with Gasteiger partial charge in [0.05, 0.1) is 10.2 Å². The number of amides is 1. The number of rotatable bonds is 3. The van der Waals surface area contributed by atoms with Crippen molar-refractivity contribution >= 4 is 50.0 Å². The van der Waals surface area contributed by atoms with Crippen LogP contribution in [0.3, 0.4) is 0 Å². The quantitative estimate of drug-likeness (QED) is 0.672. The van der Waals surface area contributed by atoms with Crippen LogP contribution in [0, 0.1) is 0 Å². The summed E-state index contributed by atoms with van der Waals surface area (Å²) in [5.41, 5.74) is 1.05. The average molecular weight is 355 g/mol. The van der Waals surface area contributed by atoms with Crippen molar-refractivity contribution in [1.29, 1.82) is 0 Å². The van der Waals surface area contributed by atoms with Gasteiger partial charge in [-0.15, -0.1) is 11.3 Å². The molecule has 1 aliphatic rings. The number of benzene rings is 1. The Labute approximate surface area is 148 Å². The smallest absolute Gasteiger partial charge is 0.246 e. The van der Waals surface area contributed by atoms with E-state index in [1.807, 2.05) is 46.7 Å². The molecule has 0 radical (unpaired) electrons. The lowest BCUT2D eigenvalue weighted by Gasteiger charge is -2.34. The van der Waals surface area contributed by atoms with E-state index < -0.39 is 0 Å². The first-order chi connectivity index (χ1) is 11.8. The van der Waals surface area contributed by atoms with Crippen LogP contribution in [-0.4, -0.2) is 42.0 Å². The second-order valence-corrected chi connectivity index (χ2v) is 7.61. The fraction of sp³-hybridized carbons (Fsp3) is 0.222. The molecule has 0 bridgehead atoms. The Morgan fingerprint density at radius 3 is 2.67 bits per heavy atom. The first kappa shape index (κ1) is 15.4. The molecule has 1 fully saturated rings. The summed E-state index contributed by atoms with van der Waals surface area (Å²) >= 11 is 3.36. The highest BCUT2D eigenvalue weighted by Crippen LogP contribution is 2.29. The SMILES string of the molecule is O=C(/C=C/c1cccs1)N1CCN(c2nc3ccccc3s2)CC1. The monoisotopic (exact) mass is 355 g/mol. The van der Waals surface area contributed by atoms with E-state index in [0.29, 0.717) is 0 Å². The van der Waals surface area contributed by atoms with Crippen LogP contribution in [-0.2, 0) is 4.79 Å². The number of thiazole rings is 1. The predicted octanol–water partition coefficient (Wildman–Crippen LogP) is 3.72. The highest BCUT2D eigenvalue weighted by atomic mass is 32.1. The van der Waals surface area contributed by atoms with Gasteiger partial charge in [-0.3, -0.25) is 4.79 Å². The summed E-state index contributed by atoms with van der Waals surface area (Å²) in [6, 6.07) is 12.2. The van der Waals surface area contributed by atoms with E-state index in [0.717, 1.165) is 41.7 Å². The summed E-state index contributed by atoms with van der Waals surface area (Å²) in [6.45, 7) is 3.14. The molecule has 6 heteroatoms. The van der Waals surface area contributed by atoms with Gasteiger partial charge in [-0.05, 0) is 29.7 Å². The van der Waals surface area contributed by atoms with Crippen molar-refractivity contribution in [2.75, 3.05) is 31.1 Å². The topological polar surface area (TPSA) is 36.4 Å². The Morgan fingerprint density at radius 2 is 1.92 bits per heavy atom. The summed E-state index contributed by atoms with van der Waals surface area (Å²) in [7, 11) is 0. The first-order valence-corrected chi connectivity index (χ1v) is 9.60. The summed E-state index contributed by atoms with van der Waals surface area (Å²) in [4.78, 5) is 22.3. The number of para-hydroxylation sites is 1. The van der Waals surface area contributed by atoms with Crippen LogP contribution in [0.5, 0.6) is 0 Å². The number of carbonyl (C=O) groups is 1. The van der Waals surface area contributed by atoms with Crippen LogP contribution in [0.1, 0.15) is 4.88 Å². The molecule has 1 aromatic carbocycles. The molecule has 3 heterocycles. The molecule has 0 spiro atoms. The van der Waals surface area contributed by atoms with E-state index in [1.54, 1.807) is 28.7 Å². The minimum absolute atomic E-state index is 0.0901. The van der Waals surface area contributed by atoms with Gasteiger partial charge in [-0.1, -0.05) is 29.5 Å². The molecule has 2 aromatic heterocycles. The highest BCUT2D eigenvalue weighted by Gasteiger charge is 2.21. The van der Waals surface area contributed by atoms with Crippen molar-refractivity contribution in [3.63, 3.8) is 0 Å². The fourth-order valence-electron chi connectivity index (χ4n) is 2.76. The lowest BCUT2D eigenvalue weighted by molar-refractivity contribution is -0.126. The number of fused-ring (bicyclic) bond motifs is 1. The van der Waals surface area contributed by atoms with Gasteiger partial charge in [0, 0.05) is 37.1 Å². The molecule has 1 amide bonds. The van der Waals surface area contributed by atoms with Crippen LogP contribution in [0.25, 0.3) is 16.3 Å². The summed E-state index contributed by atoms with van der Waals surface area (Å²) in [5, 5.41) is 3.07. The molecular weight excluding hydrogens is 338 g/mol. The molecule has 3 aromatic rings. The van der Waals surface area contributed by atoms with Gasteiger partial charge in [-0.25, -0.2) is 4.98 Å². The van der Waals surface area contributed by atoms with Crippen molar-refractivity contribution in [3.05, 3.63) is 52.7 Å². The fourth-order valence-corrected chi connectivity index (χ4v) is 4.39. The number of anilines is 1. The van der Waals surface area contributed by atoms with Gasteiger partial charge < -0.3 is 9.80 Å². The molecule has 0 saturated carbocycles. The number of hydrogen-bond donors (Lipinski definition) is 0. The summed E-state index contributed by atoms with van der Waals surface area (Å²) < 4.78 is 1.21. The summed E-state index contributed by atoms with van der Waals surface area (Å²) in [5.74, 6) is 0.0901. The van der Waals surface area contributed by atoms with Gasteiger partial charge in [0.1, 0.15) is 0 Å². The van der Waals surface area contributed by atoms with Crippen molar-refractivity contribution < 1.29 is 4.79 Å². The number of aromatic nitrogens is 1. The Balaban J connectivity index is 1.38. The highest BCUT2D eigenvalue weighted by molar-refractivity contribution is 7.22. The lowest BCUT2D eigenvalue weighted by Crippen LogP contribution is -2.48. The standard InChI is InChI=1S/C18H17N3OS2/c22-17(8-7-14-4-3-13-23-14)20-9-11-21(12-10-20)18-19-15-5-1-2-6-16(15)24-18/h1-8,13H,9-12H2/b8-7+. The Morgan fingerprint density at radius 1 is 1.08 bits per heavy atom. The molecule has 0 atom stereocenters. The molecule has 4 nitrogen and oxygen atoms in total. The second kappa shape index (κ2) is 6.75. The summed E-state index contributed by atoms with van der Waals surface area (Å²) in [6.07, 6.45) is 3.58. The van der Waals surface area contributed by atoms with Crippen molar-refractivity contribution in [2.24, 2.45) is 0 Å². The van der Waals surface area contributed by atoms with Crippen LogP contribution in [0.2, 0.25) is 0 Å². The van der Waals surface area contributed by atoms with E-state index in [1.165, 1.54) is 4.70 Å². The molecule has 0 unspecified atom stereocenters. The molecule has 122 valence electrons. The van der Waals surface area contributed by atoms with E-state index in [-0.39, 0.29) is 5.91 Å². The molecule has 4 rings (SSSR count). The Bertz CT molecular complexity index is 828. The number of thiophene rings is 1. The van der Waals surface area contributed by atoms with Crippen molar-refractivity contribution in [1.82, 2.24) is 9.88 Å². The maximum atomic E-state index is 12.3. The van der Waals surface area contributed by atoms with Crippen molar-refractivity contribution in [2.45, 2.75) is 0 Å². The van der Waals surface area contributed by atoms with Gasteiger partial charge >= 0.3 is 0 Å². The Hall–Kier alpha value is -2.18.